The summed E-state index contributed by atoms with van der Waals surface area (Å²) in [7, 11) is 0. The number of unbranched alkanes of at least 4 members (excludes halogenated alkanes) is 17. The molecule has 0 fully saturated rings. The molecule has 0 saturated carbocycles. The number of halogens is 1. The van der Waals surface area contributed by atoms with Gasteiger partial charge in [-0.3, -0.25) is 4.98 Å². The number of pyridine rings is 2. The summed E-state index contributed by atoms with van der Waals surface area (Å²) >= 11 is 3.52. The van der Waals surface area contributed by atoms with Crippen molar-refractivity contribution in [2.75, 3.05) is 5.33 Å². The second-order valence-electron chi connectivity index (χ2n) is 10.7. The van der Waals surface area contributed by atoms with Crippen LogP contribution in [0.2, 0.25) is 0 Å². The summed E-state index contributed by atoms with van der Waals surface area (Å²) in [5.41, 5.74) is 2.91. The lowest BCUT2D eigenvalue weighted by molar-refractivity contribution is -0.697. The molecule has 0 N–H and O–H groups in total. The molecule has 36 heavy (non-hydrogen) atoms. The van der Waals surface area contributed by atoms with Gasteiger partial charge in [0.1, 0.15) is 6.54 Å². The van der Waals surface area contributed by atoms with Crippen LogP contribution in [-0.4, -0.2) is 10.3 Å². The number of hydrogen-bond donors (Lipinski definition) is 0. The third-order valence-electron chi connectivity index (χ3n) is 7.37. The van der Waals surface area contributed by atoms with Crippen molar-refractivity contribution in [3.05, 3.63) is 60.2 Å². The van der Waals surface area contributed by atoms with E-state index in [9.17, 15) is 0 Å². The quantitative estimate of drug-likeness (QED) is 0.0712. The average Bonchev–Trinajstić information content (AvgIpc) is 2.91. The topological polar surface area (TPSA) is 16.8 Å². The molecule has 0 unspecified atom stereocenters. The van der Waals surface area contributed by atoms with Gasteiger partial charge in [0.15, 0.2) is 12.4 Å². The van der Waals surface area contributed by atoms with Gasteiger partial charge >= 0.3 is 0 Å². The highest BCUT2D eigenvalue weighted by Crippen LogP contribution is 2.13. The Kier molecular flexibility index (Phi) is 19.8. The summed E-state index contributed by atoms with van der Waals surface area (Å²) in [4.78, 5) is 4.20. The number of nitrogens with zero attached hydrogens (tertiary/aromatic N) is 2. The summed E-state index contributed by atoms with van der Waals surface area (Å²) in [6, 6.07) is 8.81. The molecule has 0 spiro atoms. The maximum atomic E-state index is 4.20. The van der Waals surface area contributed by atoms with Crippen molar-refractivity contribution in [1.29, 1.82) is 0 Å². The molecule has 0 radical (unpaired) electrons. The molecule has 0 amide bonds. The standard InChI is InChI=1S/C33H54BrN2/c34-26-18-14-10-6-5-9-13-17-23-33-25-21-29-36(31-33)28-19-15-11-7-3-1-2-4-8-12-16-22-32-24-20-27-35-30-32/h20-21,24-25,27,29-31H,1-19,22-23,26,28H2/q+1. The normalized spacial score (nSPS) is 11.2. The lowest BCUT2D eigenvalue weighted by atomic mass is 10.0. The van der Waals surface area contributed by atoms with Crippen molar-refractivity contribution < 1.29 is 4.57 Å². The van der Waals surface area contributed by atoms with E-state index in [1.54, 1.807) is 0 Å². The molecule has 0 bridgehead atoms. The molecule has 2 heterocycles. The molecular weight excluding hydrogens is 504 g/mol. The van der Waals surface area contributed by atoms with E-state index in [0.717, 1.165) is 0 Å². The van der Waals surface area contributed by atoms with Crippen LogP contribution in [0.5, 0.6) is 0 Å². The summed E-state index contributed by atoms with van der Waals surface area (Å²) in [6.45, 7) is 1.18. The van der Waals surface area contributed by atoms with Crippen LogP contribution >= 0.6 is 15.9 Å². The van der Waals surface area contributed by atoms with Crippen LogP contribution in [-0.2, 0) is 19.4 Å². The van der Waals surface area contributed by atoms with Crippen molar-refractivity contribution >= 4 is 15.9 Å². The first kappa shape index (κ1) is 31.0. The minimum absolute atomic E-state index is 1.17. The molecule has 0 aliphatic carbocycles. The predicted octanol–water partition coefficient (Wildman–Crippen LogP) is 9.96. The van der Waals surface area contributed by atoms with Gasteiger partial charge in [-0.15, -0.1) is 0 Å². The third kappa shape index (κ3) is 17.3. The fourth-order valence-electron chi connectivity index (χ4n) is 5.11. The SMILES string of the molecule is BrCCCCCCCCCCc1ccc[n+](CCCCCCCCCCCCCc2cccnc2)c1. The summed E-state index contributed by atoms with van der Waals surface area (Å²) < 4.78 is 2.42. The Labute approximate surface area is 231 Å². The number of rotatable bonds is 24. The second-order valence-corrected chi connectivity index (χ2v) is 11.5. The minimum Gasteiger partial charge on any atom is -0.264 e. The monoisotopic (exact) mass is 557 g/mol. The van der Waals surface area contributed by atoms with E-state index in [0.29, 0.717) is 0 Å². The van der Waals surface area contributed by atoms with Crippen molar-refractivity contribution in [2.24, 2.45) is 0 Å². The molecule has 0 aromatic carbocycles. The molecule has 2 aromatic heterocycles. The Hall–Kier alpha value is -1.22. The van der Waals surface area contributed by atoms with Gasteiger partial charge in [-0.1, -0.05) is 112 Å². The number of aromatic nitrogens is 2. The predicted molar refractivity (Wildman–Crippen MR) is 160 cm³/mol. The number of hydrogen-bond acceptors (Lipinski definition) is 1. The van der Waals surface area contributed by atoms with Gasteiger partial charge in [0.2, 0.25) is 0 Å². The number of aryl methyl sites for hydroxylation is 3. The maximum Gasteiger partial charge on any atom is 0.171 e. The molecule has 0 aliphatic rings. The molecule has 0 aliphatic heterocycles. The fourth-order valence-corrected chi connectivity index (χ4v) is 5.50. The largest absolute Gasteiger partial charge is 0.264 e. The molecule has 0 saturated heterocycles. The molecule has 0 atom stereocenters. The van der Waals surface area contributed by atoms with Gasteiger partial charge in [-0.05, 0) is 56.2 Å². The van der Waals surface area contributed by atoms with E-state index >= 15 is 0 Å². The first-order chi connectivity index (χ1) is 17.9. The van der Waals surface area contributed by atoms with Gasteiger partial charge in [0.25, 0.3) is 0 Å². The molecule has 3 heteroatoms. The van der Waals surface area contributed by atoms with E-state index in [-0.39, 0.29) is 0 Å². The maximum absolute atomic E-state index is 4.20. The number of alkyl halides is 1. The Morgan fingerprint density at radius 2 is 1.06 bits per heavy atom. The van der Waals surface area contributed by atoms with Crippen molar-refractivity contribution in [1.82, 2.24) is 4.98 Å². The van der Waals surface area contributed by atoms with E-state index in [2.05, 4.69) is 56.1 Å². The summed E-state index contributed by atoms with van der Waals surface area (Å²) in [5.74, 6) is 0. The van der Waals surface area contributed by atoms with Crippen LogP contribution in [0.3, 0.4) is 0 Å². The second kappa shape index (κ2) is 22.9. The lowest BCUT2D eigenvalue weighted by Gasteiger charge is -2.04. The van der Waals surface area contributed by atoms with E-state index < -0.39 is 0 Å². The smallest absolute Gasteiger partial charge is 0.171 e. The van der Waals surface area contributed by atoms with E-state index in [1.807, 2.05) is 18.5 Å². The Morgan fingerprint density at radius 3 is 1.61 bits per heavy atom. The van der Waals surface area contributed by atoms with Gasteiger partial charge in [0, 0.05) is 35.8 Å². The average molecular weight is 559 g/mol. The van der Waals surface area contributed by atoms with Crippen molar-refractivity contribution in [3.8, 4) is 0 Å². The van der Waals surface area contributed by atoms with Gasteiger partial charge < -0.3 is 0 Å². The Bertz CT molecular complexity index is 733. The van der Waals surface area contributed by atoms with Crippen LogP contribution in [0.4, 0.5) is 0 Å². The first-order valence-electron chi connectivity index (χ1n) is 15.3. The molecular formula is C33H54BrN2+. The lowest BCUT2D eigenvalue weighted by Crippen LogP contribution is -2.33. The summed E-state index contributed by atoms with van der Waals surface area (Å²) in [5, 5.41) is 1.17. The minimum atomic E-state index is 1.17. The van der Waals surface area contributed by atoms with Gasteiger partial charge in [-0.25, -0.2) is 4.57 Å². The van der Waals surface area contributed by atoms with E-state index in [1.165, 1.54) is 158 Å². The van der Waals surface area contributed by atoms with E-state index in [4.69, 9.17) is 0 Å². The zero-order valence-corrected chi connectivity index (χ0v) is 24.7. The zero-order valence-electron chi connectivity index (χ0n) is 23.2. The molecule has 2 rings (SSSR count). The van der Waals surface area contributed by atoms with Gasteiger partial charge in [0.05, 0.1) is 0 Å². The van der Waals surface area contributed by atoms with Gasteiger partial charge in [-0.2, -0.15) is 0 Å². The third-order valence-corrected chi connectivity index (χ3v) is 7.93. The molecule has 202 valence electrons. The van der Waals surface area contributed by atoms with Crippen molar-refractivity contribution in [3.63, 3.8) is 0 Å². The highest BCUT2D eigenvalue weighted by Gasteiger charge is 2.03. The van der Waals surface area contributed by atoms with Crippen molar-refractivity contribution in [2.45, 2.75) is 141 Å². The van der Waals surface area contributed by atoms with Crippen LogP contribution < -0.4 is 4.57 Å². The Morgan fingerprint density at radius 1 is 0.556 bits per heavy atom. The zero-order chi connectivity index (χ0) is 25.4. The van der Waals surface area contributed by atoms with Crippen LogP contribution in [0.25, 0.3) is 0 Å². The Balaban J connectivity index is 1.35. The van der Waals surface area contributed by atoms with Crippen LogP contribution in [0.15, 0.2) is 49.1 Å². The highest BCUT2D eigenvalue weighted by molar-refractivity contribution is 9.09. The summed E-state index contributed by atoms with van der Waals surface area (Å²) in [6.07, 6.45) is 37.4. The highest BCUT2D eigenvalue weighted by atomic mass is 79.9. The molecule has 2 aromatic rings. The fraction of sp³-hybridized carbons (Fsp3) is 0.697. The first-order valence-corrected chi connectivity index (χ1v) is 16.4. The van der Waals surface area contributed by atoms with Crippen LogP contribution in [0.1, 0.15) is 133 Å². The van der Waals surface area contributed by atoms with Crippen LogP contribution in [0, 0.1) is 0 Å². The molecule has 2 nitrogen and oxygen atoms in total.